The number of hydrogen-bond acceptors (Lipinski definition) is 2. The summed E-state index contributed by atoms with van der Waals surface area (Å²) in [4.78, 5) is 11.7. The fourth-order valence-electron chi connectivity index (χ4n) is 2.17. The van der Waals surface area contributed by atoms with E-state index in [0.717, 1.165) is 25.1 Å². The summed E-state index contributed by atoms with van der Waals surface area (Å²) >= 11 is 0. The van der Waals surface area contributed by atoms with E-state index in [2.05, 4.69) is 5.10 Å². The van der Waals surface area contributed by atoms with Crippen LogP contribution < -0.4 is 0 Å². The molecule has 1 amide bonds. The third-order valence-electron chi connectivity index (χ3n) is 2.93. The first-order valence-corrected chi connectivity index (χ1v) is 5.21. The zero-order valence-electron chi connectivity index (χ0n) is 8.12. The first-order chi connectivity index (χ1) is 6.33. The van der Waals surface area contributed by atoms with Gasteiger partial charge in [0.05, 0.1) is 11.6 Å². The Kier molecular flexibility index (Phi) is 2.34. The van der Waals surface area contributed by atoms with Crippen LogP contribution >= 0.6 is 0 Å². The van der Waals surface area contributed by atoms with Gasteiger partial charge in [0.2, 0.25) is 0 Å². The molecule has 13 heavy (non-hydrogen) atoms. The van der Waals surface area contributed by atoms with Gasteiger partial charge in [-0.2, -0.15) is 5.10 Å². The highest BCUT2D eigenvalue weighted by molar-refractivity contribution is 6.08. The van der Waals surface area contributed by atoms with Gasteiger partial charge in [0, 0.05) is 6.54 Å². The molecule has 0 aromatic rings. The molecule has 1 aliphatic heterocycles. The number of hydrazone groups is 1. The molecule has 0 N–H and O–H groups in total. The summed E-state index contributed by atoms with van der Waals surface area (Å²) < 4.78 is 0. The lowest BCUT2D eigenvalue weighted by Crippen LogP contribution is -2.26. The summed E-state index contributed by atoms with van der Waals surface area (Å²) in [6, 6.07) is 0. The van der Waals surface area contributed by atoms with E-state index in [1.807, 2.05) is 6.92 Å². The van der Waals surface area contributed by atoms with Crippen molar-refractivity contribution in [2.24, 2.45) is 11.0 Å². The van der Waals surface area contributed by atoms with E-state index in [1.165, 1.54) is 19.3 Å². The molecule has 72 valence electrons. The van der Waals surface area contributed by atoms with Gasteiger partial charge in [0.25, 0.3) is 5.91 Å². The van der Waals surface area contributed by atoms with E-state index in [4.69, 9.17) is 0 Å². The highest BCUT2D eigenvalue weighted by Crippen LogP contribution is 2.27. The summed E-state index contributed by atoms with van der Waals surface area (Å²) in [7, 11) is 0. The molecule has 0 radical (unpaired) electrons. The summed E-state index contributed by atoms with van der Waals surface area (Å²) in [5.41, 5.74) is 1.14. The third kappa shape index (κ3) is 1.47. The molecule has 0 bridgehead atoms. The molecule has 1 fully saturated rings. The predicted octanol–water partition coefficient (Wildman–Crippen LogP) is 1.78. The maximum atomic E-state index is 11.7. The standard InChI is InChI=1S/C10H16N2O/c1-2-12-10(13)8-6-4-3-5-7-9(8)11-12/h8H,2-7H2,1H3. The first-order valence-electron chi connectivity index (χ1n) is 5.21. The fraction of sp³-hybridized carbons (Fsp3) is 0.800. The second-order valence-corrected chi connectivity index (χ2v) is 3.80. The van der Waals surface area contributed by atoms with Gasteiger partial charge in [-0.15, -0.1) is 0 Å². The molecule has 0 spiro atoms. The molecule has 0 aromatic heterocycles. The topological polar surface area (TPSA) is 32.7 Å². The van der Waals surface area contributed by atoms with Gasteiger partial charge in [0.15, 0.2) is 0 Å². The minimum atomic E-state index is 0.141. The van der Waals surface area contributed by atoms with Gasteiger partial charge < -0.3 is 0 Å². The number of rotatable bonds is 1. The predicted molar refractivity (Wildman–Crippen MR) is 51.4 cm³/mol. The average Bonchev–Trinajstić information content (AvgIpc) is 2.37. The van der Waals surface area contributed by atoms with Crippen molar-refractivity contribution in [2.45, 2.75) is 39.0 Å². The zero-order valence-corrected chi connectivity index (χ0v) is 8.12. The van der Waals surface area contributed by atoms with Crippen LogP contribution in [0, 0.1) is 5.92 Å². The quantitative estimate of drug-likeness (QED) is 0.605. The summed E-state index contributed by atoms with van der Waals surface area (Å²) in [6.07, 6.45) is 5.71. The van der Waals surface area contributed by atoms with E-state index in [1.54, 1.807) is 5.01 Å². The van der Waals surface area contributed by atoms with Gasteiger partial charge >= 0.3 is 0 Å². The van der Waals surface area contributed by atoms with Crippen LogP contribution in [0.4, 0.5) is 0 Å². The van der Waals surface area contributed by atoms with Gasteiger partial charge in [-0.1, -0.05) is 12.8 Å². The van der Waals surface area contributed by atoms with Crippen molar-refractivity contribution in [3.8, 4) is 0 Å². The molecule has 2 rings (SSSR count). The summed E-state index contributed by atoms with van der Waals surface area (Å²) in [5, 5.41) is 6.00. The monoisotopic (exact) mass is 180 g/mol. The smallest absolute Gasteiger partial charge is 0.251 e. The number of hydrogen-bond donors (Lipinski definition) is 0. The Morgan fingerprint density at radius 1 is 1.46 bits per heavy atom. The van der Waals surface area contributed by atoms with E-state index >= 15 is 0 Å². The number of fused-ring (bicyclic) bond motifs is 1. The molecular formula is C10H16N2O. The SMILES string of the molecule is CCN1N=C2CCCCCC2C1=O. The van der Waals surface area contributed by atoms with Gasteiger partial charge in [-0.05, 0) is 26.2 Å². The largest absolute Gasteiger partial charge is 0.272 e. The number of amides is 1. The van der Waals surface area contributed by atoms with Crippen LogP contribution in [0.3, 0.4) is 0 Å². The highest BCUT2D eigenvalue weighted by atomic mass is 16.2. The molecule has 0 saturated heterocycles. The van der Waals surface area contributed by atoms with Crippen LogP contribution in [-0.4, -0.2) is 23.2 Å². The molecule has 2 aliphatic rings. The van der Waals surface area contributed by atoms with Crippen molar-refractivity contribution in [3.05, 3.63) is 0 Å². The van der Waals surface area contributed by atoms with Crippen molar-refractivity contribution < 1.29 is 4.79 Å². The lowest BCUT2D eigenvalue weighted by Gasteiger charge is -2.10. The molecular weight excluding hydrogens is 164 g/mol. The second-order valence-electron chi connectivity index (χ2n) is 3.80. The highest BCUT2D eigenvalue weighted by Gasteiger charge is 2.34. The third-order valence-corrected chi connectivity index (χ3v) is 2.93. The molecule has 3 heteroatoms. The molecule has 1 heterocycles. The lowest BCUT2D eigenvalue weighted by atomic mass is 9.98. The van der Waals surface area contributed by atoms with Crippen LogP contribution in [0.1, 0.15) is 39.0 Å². The fourth-order valence-corrected chi connectivity index (χ4v) is 2.17. The number of carbonyl (C=O) groups excluding carboxylic acids is 1. The Morgan fingerprint density at radius 2 is 2.31 bits per heavy atom. The Labute approximate surface area is 78.8 Å². The summed E-state index contributed by atoms with van der Waals surface area (Å²) in [6.45, 7) is 2.70. The molecule has 3 nitrogen and oxygen atoms in total. The molecule has 1 atom stereocenters. The van der Waals surface area contributed by atoms with Crippen LogP contribution in [-0.2, 0) is 4.79 Å². The normalized spacial score (nSPS) is 28.4. The Balaban J connectivity index is 2.17. The molecule has 1 aliphatic carbocycles. The Morgan fingerprint density at radius 3 is 3.08 bits per heavy atom. The van der Waals surface area contributed by atoms with E-state index in [9.17, 15) is 4.79 Å². The van der Waals surface area contributed by atoms with Gasteiger partial charge in [0.1, 0.15) is 0 Å². The molecule has 1 saturated carbocycles. The van der Waals surface area contributed by atoms with E-state index in [0.29, 0.717) is 0 Å². The minimum absolute atomic E-state index is 0.141. The van der Waals surface area contributed by atoms with Gasteiger partial charge in [-0.25, -0.2) is 5.01 Å². The van der Waals surface area contributed by atoms with Crippen LogP contribution in [0.2, 0.25) is 0 Å². The number of nitrogens with zero attached hydrogens (tertiary/aromatic N) is 2. The van der Waals surface area contributed by atoms with Crippen molar-refractivity contribution in [1.82, 2.24) is 5.01 Å². The van der Waals surface area contributed by atoms with Crippen LogP contribution in [0.25, 0.3) is 0 Å². The molecule has 0 aromatic carbocycles. The maximum absolute atomic E-state index is 11.7. The second kappa shape index (κ2) is 3.48. The van der Waals surface area contributed by atoms with E-state index < -0.39 is 0 Å². The van der Waals surface area contributed by atoms with Crippen molar-refractivity contribution in [3.63, 3.8) is 0 Å². The van der Waals surface area contributed by atoms with Crippen molar-refractivity contribution >= 4 is 11.6 Å². The first kappa shape index (κ1) is 8.73. The summed E-state index contributed by atoms with van der Waals surface area (Å²) in [5.74, 6) is 0.377. The van der Waals surface area contributed by atoms with Crippen LogP contribution in [0.5, 0.6) is 0 Å². The minimum Gasteiger partial charge on any atom is -0.272 e. The lowest BCUT2D eigenvalue weighted by molar-refractivity contribution is -0.131. The Bertz CT molecular complexity index is 247. The van der Waals surface area contributed by atoms with Crippen molar-refractivity contribution in [2.75, 3.05) is 6.54 Å². The van der Waals surface area contributed by atoms with Crippen LogP contribution in [0.15, 0.2) is 5.10 Å². The maximum Gasteiger partial charge on any atom is 0.251 e. The molecule has 1 unspecified atom stereocenters. The van der Waals surface area contributed by atoms with Gasteiger partial charge in [-0.3, -0.25) is 4.79 Å². The zero-order chi connectivity index (χ0) is 9.26. The number of carbonyl (C=O) groups is 1. The average molecular weight is 180 g/mol. The van der Waals surface area contributed by atoms with E-state index in [-0.39, 0.29) is 11.8 Å². The Hall–Kier alpha value is -0.860. The van der Waals surface area contributed by atoms with Crippen molar-refractivity contribution in [1.29, 1.82) is 0 Å².